The lowest BCUT2D eigenvalue weighted by atomic mass is 10.0. The summed E-state index contributed by atoms with van der Waals surface area (Å²) in [4.78, 5) is 83.3. The number of amides is 3. The van der Waals surface area contributed by atoms with Crippen LogP contribution in [0.15, 0.2) is 59.6 Å². The molecule has 0 spiro atoms. The summed E-state index contributed by atoms with van der Waals surface area (Å²) in [5, 5.41) is 10.3. The Kier molecular flexibility index (Phi) is 24.1. The van der Waals surface area contributed by atoms with Gasteiger partial charge in [0.25, 0.3) is 11.8 Å². The summed E-state index contributed by atoms with van der Waals surface area (Å²) in [7, 11) is -1.46. The Morgan fingerprint density at radius 3 is 2.29 bits per heavy atom. The van der Waals surface area contributed by atoms with E-state index in [4.69, 9.17) is 14.2 Å². The van der Waals surface area contributed by atoms with Gasteiger partial charge in [0.2, 0.25) is 0 Å². The number of aromatic nitrogens is 1. The van der Waals surface area contributed by atoms with Gasteiger partial charge in [-0.2, -0.15) is 0 Å². The number of benzene rings is 1. The van der Waals surface area contributed by atoms with Crippen molar-refractivity contribution in [2.24, 2.45) is 5.92 Å². The molecule has 3 atom stereocenters. The Labute approximate surface area is 378 Å². The molecule has 0 radical (unpaired) electrons. The molecule has 0 bridgehead atoms. The minimum Gasteiger partial charge on any atom is -0.466 e. The number of carbonyl (C=O) groups excluding carboxylic acids is 6. The average molecular weight is 915 g/mol. The van der Waals surface area contributed by atoms with E-state index in [9.17, 15) is 28.8 Å². The van der Waals surface area contributed by atoms with Crippen molar-refractivity contribution in [3.63, 3.8) is 0 Å². The van der Waals surface area contributed by atoms with Gasteiger partial charge in [-0.05, 0) is 70.6 Å². The third-order valence-electron chi connectivity index (χ3n) is 9.15. The maximum atomic E-state index is 13.7. The van der Waals surface area contributed by atoms with Crippen molar-refractivity contribution in [1.29, 1.82) is 0 Å². The fraction of sp³-hybridized carbons (Fsp3) is 0.587. The van der Waals surface area contributed by atoms with Crippen LogP contribution in [0.5, 0.6) is 0 Å². The van der Waals surface area contributed by atoms with Crippen molar-refractivity contribution >= 4 is 66.1 Å². The molecule has 2 aromatic rings. The molecule has 1 aromatic carbocycles. The zero-order chi connectivity index (χ0) is 46.3. The number of allylic oxidation sites excluding steroid dienone is 2. The topological polar surface area (TPSA) is 179 Å². The van der Waals surface area contributed by atoms with Crippen molar-refractivity contribution < 1.29 is 43.0 Å². The first-order valence-corrected chi connectivity index (χ1v) is 27.2. The number of alkyl carbamates (subject to hydrolysis) is 1. The van der Waals surface area contributed by atoms with Gasteiger partial charge in [0.15, 0.2) is 5.12 Å². The van der Waals surface area contributed by atoms with Crippen LogP contribution in [0.1, 0.15) is 127 Å². The van der Waals surface area contributed by atoms with Crippen LogP contribution < -0.4 is 16.0 Å². The first-order chi connectivity index (χ1) is 29.2. The van der Waals surface area contributed by atoms with Gasteiger partial charge in [-0.1, -0.05) is 120 Å². The lowest BCUT2D eigenvalue weighted by Gasteiger charge is -2.24. The van der Waals surface area contributed by atoms with Gasteiger partial charge < -0.3 is 30.2 Å². The van der Waals surface area contributed by atoms with E-state index in [1.54, 1.807) is 53.7 Å². The summed E-state index contributed by atoms with van der Waals surface area (Å²) in [6, 6.07) is 8.56. The predicted molar refractivity (Wildman–Crippen MR) is 251 cm³/mol. The number of thioether (sulfide) groups is 1. The van der Waals surface area contributed by atoms with Crippen molar-refractivity contribution in [1.82, 2.24) is 20.9 Å². The molecule has 0 aliphatic heterocycles. The van der Waals surface area contributed by atoms with Gasteiger partial charge >= 0.3 is 18.0 Å². The Bertz CT molecular complexity index is 1800. The highest BCUT2D eigenvalue weighted by Gasteiger charge is 2.31. The van der Waals surface area contributed by atoms with Gasteiger partial charge in [0, 0.05) is 25.6 Å². The lowest BCUT2D eigenvalue weighted by molar-refractivity contribution is -0.156. The molecule has 13 nitrogen and oxygen atoms in total. The molecule has 3 amide bonds. The molecule has 0 aliphatic carbocycles. The molecule has 3 N–H and O–H groups in total. The van der Waals surface area contributed by atoms with Crippen molar-refractivity contribution in [2.45, 2.75) is 156 Å². The summed E-state index contributed by atoms with van der Waals surface area (Å²) in [6.07, 6.45) is 9.83. The lowest BCUT2D eigenvalue weighted by Crippen LogP contribution is -2.48. The average Bonchev–Trinajstić information content (AvgIpc) is 3.68. The fourth-order valence-electron chi connectivity index (χ4n) is 5.71. The van der Waals surface area contributed by atoms with E-state index in [0.717, 1.165) is 37.3 Å². The van der Waals surface area contributed by atoms with Crippen LogP contribution in [0, 0.1) is 5.92 Å². The van der Waals surface area contributed by atoms with E-state index in [0.29, 0.717) is 30.0 Å². The summed E-state index contributed by atoms with van der Waals surface area (Å²) in [6.45, 7) is 19.3. The number of esters is 2. The Morgan fingerprint density at radius 1 is 0.968 bits per heavy atom. The molecular weight excluding hydrogens is 845 g/mol. The summed E-state index contributed by atoms with van der Waals surface area (Å²) >= 11 is 2.45. The molecule has 0 saturated heterocycles. The smallest absolute Gasteiger partial charge is 0.408 e. The van der Waals surface area contributed by atoms with E-state index in [2.05, 4.69) is 47.5 Å². The highest BCUT2D eigenvalue weighted by molar-refractivity contribution is 8.13. The monoisotopic (exact) mass is 914 g/mol. The molecule has 1 heterocycles. The quantitative estimate of drug-likeness (QED) is 0.0204. The van der Waals surface area contributed by atoms with Crippen LogP contribution in [-0.2, 0) is 39.8 Å². The van der Waals surface area contributed by atoms with Crippen molar-refractivity contribution in [3.05, 3.63) is 75.9 Å². The standard InChI is InChI=1S/C46H70N4O9S2Si/c1-11-13-14-15-19-25-39(52)60-27-21-20-24-34(30-38(51)57-26-28-62(8,9)10)58-44(55)40(32(3)4)50-41(53)35(12-2)47-42(54)37-31-61-43(48-37)36(29-33-22-17-16-18-23-33)49-45(56)59-46(5,6)7/h12,16-18,20,22-24,31-32,34,36,40H,11,13-15,19,21,25-30H2,1-10H3,(H,47,54)(H,49,56)(H,50,53)/b24-20+,35-12-/t34-,36-,40+/m1/s1. The third kappa shape index (κ3) is 22.7. The number of hydrogen-bond acceptors (Lipinski definition) is 12. The third-order valence-corrected chi connectivity index (χ3v) is 12.8. The number of hydrogen-bond donors (Lipinski definition) is 3. The molecular formula is C46H70N4O9S2Si. The zero-order valence-corrected chi connectivity index (χ0v) is 41.1. The molecule has 62 heavy (non-hydrogen) atoms. The molecule has 0 unspecified atom stereocenters. The summed E-state index contributed by atoms with van der Waals surface area (Å²) in [5.41, 5.74) is 0.119. The Morgan fingerprint density at radius 2 is 1.66 bits per heavy atom. The minimum absolute atomic E-state index is 0.0255. The molecule has 344 valence electrons. The van der Waals surface area contributed by atoms with Gasteiger partial charge in [-0.25, -0.2) is 14.6 Å². The normalized spacial score (nSPS) is 13.6. The summed E-state index contributed by atoms with van der Waals surface area (Å²) in [5.74, 6) is -2.56. The molecule has 0 saturated carbocycles. The second-order valence-electron chi connectivity index (χ2n) is 17.6. The Balaban J connectivity index is 2.14. The van der Waals surface area contributed by atoms with E-state index in [1.165, 1.54) is 41.0 Å². The number of nitrogens with one attached hydrogen (secondary N) is 3. The van der Waals surface area contributed by atoms with Crippen LogP contribution in [0.25, 0.3) is 0 Å². The number of thiazole rings is 1. The first kappa shape index (κ1) is 53.9. The summed E-state index contributed by atoms with van der Waals surface area (Å²) < 4.78 is 16.8. The van der Waals surface area contributed by atoms with Gasteiger partial charge in [-0.3, -0.25) is 19.2 Å². The molecule has 1 aromatic heterocycles. The number of ether oxygens (including phenoxy) is 3. The number of rotatable bonds is 26. The first-order valence-electron chi connectivity index (χ1n) is 21.7. The van der Waals surface area contributed by atoms with Crippen LogP contribution in [-0.4, -0.2) is 78.1 Å². The Hall–Kier alpha value is -4.28. The molecule has 2 rings (SSSR count). The largest absolute Gasteiger partial charge is 0.466 e. The van der Waals surface area contributed by atoms with E-state index < -0.39 is 67.6 Å². The highest BCUT2D eigenvalue weighted by Crippen LogP contribution is 2.24. The molecule has 0 fully saturated rings. The highest BCUT2D eigenvalue weighted by atomic mass is 32.2. The number of carbonyl (C=O) groups is 6. The minimum atomic E-state index is -1.46. The van der Waals surface area contributed by atoms with Crippen LogP contribution in [0.3, 0.4) is 0 Å². The SMILES string of the molecule is C/C=C(\NC(=O)c1csc([C@@H](Cc2ccccc2)NC(=O)OC(C)(C)C)n1)C(=O)N[C@H](C(=O)O[C@H](/C=C/CCSC(=O)CCCCCCC)CC(=O)OCC[Si](C)(C)C)C(C)C. The van der Waals surface area contributed by atoms with Crippen LogP contribution in [0.2, 0.25) is 25.7 Å². The number of unbranched alkanes of at least 4 members (excludes halogenated alkanes) is 4. The van der Waals surface area contributed by atoms with Crippen LogP contribution >= 0.6 is 23.1 Å². The fourth-order valence-corrected chi connectivity index (χ4v) is 8.05. The number of nitrogens with zero attached hydrogens (tertiary/aromatic N) is 1. The predicted octanol–water partition coefficient (Wildman–Crippen LogP) is 9.48. The molecule has 16 heteroatoms. The van der Waals surface area contributed by atoms with Gasteiger partial charge in [0.1, 0.15) is 34.1 Å². The van der Waals surface area contributed by atoms with E-state index in [1.807, 2.05) is 30.3 Å². The van der Waals surface area contributed by atoms with E-state index >= 15 is 0 Å². The maximum absolute atomic E-state index is 13.7. The van der Waals surface area contributed by atoms with Gasteiger partial charge in [0.05, 0.1) is 19.1 Å². The van der Waals surface area contributed by atoms with Crippen molar-refractivity contribution in [2.75, 3.05) is 12.4 Å². The molecule has 0 aliphatic rings. The van der Waals surface area contributed by atoms with Crippen molar-refractivity contribution in [3.8, 4) is 0 Å². The van der Waals surface area contributed by atoms with E-state index in [-0.39, 0.29) is 29.5 Å². The van der Waals surface area contributed by atoms with Gasteiger partial charge in [-0.15, -0.1) is 11.3 Å². The second kappa shape index (κ2) is 27.7. The maximum Gasteiger partial charge on any atom is 0.408 e. The zero-order valence-electron chi connectivity index (χ0n) is 38.4. The van der Waals surface area contributed by atoms with Crippen LogP contribution in [0.4, 0.5) is 4.79 Å². The second-order valence-corrected chi connectivity index (χ2v) is 25.3.